The number of carboxylic acids is 1. The SMILES string of the molecule is O=C([O-])c1ccc2c(c1)C(=O)N(c1cccc3ccccc13)C2=O. The van der Waals surface area contributed by atoms with E-state index in [1.165, 1.54) is 18.2 Å². The number of hydrogen-bond acceptors (Lipinski definition) is 4. The molecule has 1 aliphatic rings. The Kier molecular flexibility index (Phi) is 2.96. The quantitative estimate of drug-likeness (QED) is 0.678. The average Bonchev–Trinajstić information content (AvgIpc) is 2.85. The van der Waals surface area contributed by atoms with Crippen molar-refractivity contribution in [3.63, 3.8) is 0 Å². The summed E-state index contributed by atoms with van der Waals surface area (Å²) in [5, 5.41) is 12.7. The number of carboxylic acid groups (broad SMARTS) is 1. The Balaban J connectivity index is 1.90. The predicted molar refractivity (Wildman–Crippen MR) is 85.9 cm³/mol. The lowest BCUT2D eigenvalue weighted by Gasteiger charge is -2.16. The highest BCUT2D eigenvalue weighted by molar-refractivity contribution is 6.36. The van der Waals surface area contributed by atoms with Gasteiger partial charge in [0.05, 0.1) is 22.8 Å². The van der Waals surface area contributed by atoms with Crippen LogP contribution in [-0.2, 0) is 0 Å². The number of amides is 2. The maximum absolute atomic E-state index is 12.7. The minimum atomic E-state index is -1.39. The molecule has 0 fully saturated rings. The molecule has 0 radical (unpaired) electrons. The van der Waals surface area contributed by atoms with Gasteiger partial charge in [0, 0.05) is 5.39 Å². The Morgan fingerprint density at radius 1 is 0.833 bits per heavy atom. The molecule has 0 aliphatic carbocycles. The Labute approximate surface area is 136 Å². The van der Waals surface area contributed by atoms with Gasteiger partial charge in [-0.3, -0.25) is 9.59 Å². The lowest BCUT2D eigenvalue weighted by molar-refractivity contribution is -0.255. The van der Waals surface area contributed by atoms with Crippen molar-refractivity contribution < 1.29 is 19.5 Å². The number of nitrogens with zero attached hydrogens (tertiary/aromatic N) is 1. The van der Waals surface area contributed by atoms with Gasteiger partial charge in [0.1, 0.15) is 0 Å². The third-order valence-electron chi connectivity index (χ3n) is 4.13. The molecule has 0 saturated heterocycles. The first-order chi connectivity index (χ1) is 11.6. The highest BCUT2D eigenvalue weighted by Crippen LogP contribution is 2.33. The van der Waals surface area contributed by atoms with Gasteiger partial charge >= 0.3 is 0 Å². The molecule has 3 aromatic rings. The predicted octanol–water partition coefficient (Wildman–Crippen LogP) is 2.00. The average molecular weight is 316 g/mol. The van der Waals surface area contributed by atoms with Gasteiger partial charge in [-0.15, -0.1) is 0 Å². The highest BCUT2D eigenvalue weighted by atomic mass is 16.4. The lowest BCUT2D eigenvalue weighted by atomic mass is 10.1. The first-order valence-corrected chi connectivity index (χ1v) is 7.30. The van der Waals surface area contributed by atoms with Crippen LogP contribution in [0.5, 0.6) is 0 Å². The first kappa shape index (κ1) is 14.1. The molecule has 0 spiro atoms. The van der Waals surface area contributed by atoms with Gasteiger partial charge in [-0.2, -0.15) is 0 Å². The summed E-state index contributed by atoms with van der Waals surface area (Å²) in [5.74, 6) is -2.38. The number of hydrogen-bond donors (Lipinski definition) is 0. The third kappa shape index (κ3) is 1.91. The molecular weight excluding hydrogens is 306 g/mol. The fourth-order valence-electron chi connectivity index (χ4n) is 2.99. The minimum absolute atomic E-state index is 0.0784. The summed E-state index contributed by atoms with van der Waals surface area (Å²) < 4.78 is 0. The van der Waals surface area contributed by atoms with Gasteiger partial charge in [-0.1, -0.05) is 42.5 Å². The van der Waals surface area contributed by atoms with Crippen LogP contribution in [0.4, 0.5) is 5.69 Å². The number of aromatic carboxylic acids is 1. The van der Waals surface area contributed by atoms with E-state index in [1.807, 2.05) is 30.3 Å². The molecule has 116 valence electrons. The summed E-state index contributed by atoms with van der Waals surface area (Å²) in [7, 11) is 0. The van der Waals surface area contributed by atoms with Gasteiger partial charge in [-0.05, 0) is 29.1 Å². The van der Waals surface area contributed by atoms with Crippen molar-refractivity contribution in [2.75, 3.05) is 4.90 Å². The molecular formula is C19H10NO4-. The van der Waals surface area contributed by atoms with Crippen LogP contribution in [0, 0.1) is 0 Å². The maximum atomic E-state index is 12.7. The third-order valence-corrected chi connectivity index (χ3v) is 4.13. The molecule has 0 aromatic heterocycles. The lowest BCUT2D eigenvalue weighted by Crippen LogP contribution is -2.29. The molecule has 2 amide bonds. The van der Waals surface area contributed by atoms with Crippen LogP contribution in [0.1, 0.15) is 31.1 Å². The van der Waals surface area contributed by atoms with Crippen molar-refractivity contribution in [1.82, 2.24) is 0 Å². The van der Waals surface area contributed by atoms with E-state index < -0.39 is 17.8 Å². The van der Waals surface area contributed by atoms with E-state index in [0.29, 0.717) is 5.69 Å². The number of carbonyl (C=O) groups excluding carboxylic acids is 3. The van der Waals surface area contributed by atoms with E-state index in [4.69, 9.17) is 0 Å². The van der Waals surface area contributed by atoms with Crippen molar-refractivity contribution in [1.29, 1.82) is 0 Å². The summed E-state index contributed by atoms with van der Waals surface area (Å²) in [5.41, 5.74) is 0.622. The van der Waals surface area contributed by atoms with Crippen LogP contribution >= 0.6 is 0 Å². The highest BCUT2D eigenvalue weighted by Gasteiger charge is 2.37. The molecule has 24 heavy (non-hydrogen) atoms. The fourth-order valence-corrected chi connectivity index (χ4v) is 2.99. The van der Waals surface area contributed by atoms with Gasteiger partial charge in [0.2, 0.25) is 0 Å². The van der Waals surface area contributed by atoms with Gasteiger partial charge < -0.3 is 9.90 Å². The van der Waals surface area contributed by atoms with Crippen LogP contribution in [-0.4, -0.2) is 17.8 Å². The summed E-state index contributed by atoms with van der Waals surface area (Å²) in [6.07, 6.45) is 0. The first-order valence-electron chi connectivity index (χ1n) is 7.30. The van der Waals surface area contributed by atoms with Crippen LogP contribution in [0.25, 0.3) is 10.8 Å². The second-order valence-corrected chi connectivity index (χ2v) is 5.49. The molecule has 0 N–H and O–H groups in total. The second kappa shape index (κ2) is 5.03. The van der Waals surface area contributed by atoms with Crippen molar-refractivity contribution in [3.8, 4) is 0 Å². The number of benzene rings is 3. The molecule has 5 heteroatoms. The monoisotopic (exact) mass is 316 g/mol. The topological polar surface area (TPSA) is 77.5 Å². The zero-order valence-corrected chi connectivity index (χ0v) is 12.4. The maximum Gasteiger partial charge on any atom is 0.266 e. The number of anilines is 1. The van der Waals surface area contributed by atoms with Crippen molar-refractivity contribution in [2.24, 2.45) is 0 Å². The van der Waals surface area contributed by atoms with Gasteiger partial charge in [0.25, 0.3) is 11.8 Å². The van der Waals surface area contributed by atoms with E-state index >= 15 is 0 Å². The molecule has 0 bridgehead atoms. The number of rotatable bonds is 2. The van der Waals surface area contributed by atoms with Crippen molar-refractivity contribution in [2.45, 2.75) is 0 Å². The number of fused-ring (bicyclic) bond motifs is 2. The molecule has 1 heterocycles. The second-order valence-electron chi connectivity index (χ2n) is 5.49. The molecule has 1 aliphatic heterocycles. The van der Waals surface area contributed by atoms with E-state index in [1.54, 1.807) is 12.1 Å². The van der Waals surface area contributed by atoms with Crippen LogP contribution in [0.2, 0.25) is 0 Å². The van der Waals surface area contributed by atoms with E-state index in [-0.39, 0.29) is 16.7 Å². The molecule has 4 rings (SSSR count). The van der Waals surface area contributed by atoms with Crippen LogP contribution < -0.4 is 10.0 Å². The molecule has 5 nitrogen and oxygen atoms in total. The van der Waals surface area contributed by atoms with Crippen molar-refractivity contribution in [3.05, 3.63) is 77.4 Å². The van der Waals surface area contributed by atoms with E-state index in [9.17, 15) is 19.5 Å². The molecule has 0 saturated carbocycles. The Hall–Kier alpha value is -3.47. The molecule has 0 unspecified atom stereocenters. The summed E-state index contributed by atoms with van der Waals surface area (Å²) in [6.45, 7) is 0. The Morgan fingerprint density at radius 3 is 2.33 bits per heavy atom. The fraction of sp³-hybridized carbons (Fsp3) is 0. The minimum Gasteiger partial charge on any atom is -0.545 e. The van der Waals surface area contributed by atoms with Gasteiger partial charge in [-0.25, -0.2) is 4.90 Å². The van der Waals surface area contributed by atoms with Crippen molar-refractivity contribution >= 4 is 34.2 Å². The number of imide groups is 1. The number of carbonyl (C=O) groups is 3. The molecule has 0 atom stereocenters. The van der Waals surface area contributed by atoms with Gasteiger partial charge in [0.15, 0.2) is 0 Å². The van der Waals surface area contributed by atoms with Crippen LogP contribution in [0.15, 0.2) is 60.7 Å². The summed E-state index contributed by atoms with van der Waals surface area (Å²) in [4.78, 5) is 37.5. The zero-order valence-electron chi connectivity index (χ0n) is 12.4. The van der Waals surface area contributed by atoms with Crippen LogP contribution in [0.3, 0.4) is 0 Å². The van der Waals surface area contributed by atoms with E-state index in [0.717, 1.165) is 15.7 Å². The zero-order chi connectivity index (χ0) is 16.8. The summed E-state index contributed by atoms with van der Waals surface area (Å²) in [6, 6.07) is 16.6. The van der Waals surface area contributed by atoms with E-state index in [2.05, 4.69) is 0 Å². The normalized spacial score (nSPS) is 13.4. The largest absolute Gasteiger partial charge is 0.545 e. The standard InChI is InChI=1S/C19H11NO4/c21-17-14-9-8-12(19(23)24)10-15(14)18(22)20(17)16-7-3-5-11-4-1-2-6-13(11)16/h1-10H,(H,23,24)/p-1. The Bertz CT molecular complexity index is 1030. The summed E-state index contributed by atoms with van der Waals surface area (Å²) >= 11 is 0. The smallest absolute Gasteiger partial charge is 0.266 e. The Morgan fingerprint density at radius 2 is 1.54 bits per heavy atom. The molecule has 3 aromatic carbocycles.